The molecule has 3 aromatic rings. The summed E-state index contributed by atoms with van der Waals surface area (Å²) < 4.78 is 0. The number of aryl methyl sites for hydroxylation is 2. The van der Waals surface area contributed by atoms with E-state index in [2.05, 4.69) is 25.9 Å². The Balaban J connectivity index is 1.49. The number of fused-ring (bicyclic) bond motifs is 1. The monoisotopic (exact) mass is 409 g/mol. The largest absolute Gasteiger partial charge is 0.323 e. The van der Waals surface area contributed by atoms with Crippen LogP contribution in [-0.4, -0.2) is 28.2 Å². The predicted molar refractivity (Wildman–Crippen MR) is 116 cm³/mol. The van der Waals surface area contributed by atoms with Gasteiger partial charge in [-0.1, -0.05) is 41.9 Å². The molecule has 1 aliphatic rings. The van der Waals surface area contributed by atoms with Crippen molar-refractivity contribution >= 4 is 34.4 Å². The zero-order valence-corrected chi connectivity index (χ0v) is 17.4. The van der Waals surface area contributed by atoms with E-state index in [9.17, 15) is 4.79 Å². The molecule has 0 spiro atoms. The van der Waals surface area contributed by atoms with Crippen molar-refractivity contribution < 1.29 is 4.79 Å². The van der Waals surface area contributed by atoms with E-state index in [0.717, 1.165) is 27.7 Å². The first-order chi connectivity index (χ1) is 13.9. The molecule has 2 heterocycles. The van der Waals surface area contributed by atoms with Crippen LogP contribution in [-0.2, 0) is 11.2 Å². The third-order valence-corrected chi connectivity index (χ3v) is 5.63. The molecule has 29 heavy (non-hydrogen) atoms. The van der Waals surface area contributed by atoms with E-state index in [1.165, 1.54) is 0 Å². The fourth-order valence-corrected chi connectivity index (χ4v) is 4.02. The third-order valence-electron chi connectivity index (χ3n) is 5.39. The zero-order chi connectivity index (χ0) is 20.5. The lowest BCUT2D eigenvalue weighted by Gasteiger charge is -2.36. The van der Waals surface area contributed by atoms with Gasteiger partial charge >= 0.3 is 0 Å². The van der Waals surface area contributed by atoms with E-state index in [1.54, 1.807) is 0 Å². The molecule has 150 valence electrons. The first-order valence-electron chi connectivity index (χ1n) is 9.72. The molecule has 1 amide bonds. The first-order valence-corrected chi connectivity index (χ1v) is 10.1. The normalized spacial score (nSPS) is 21.8. The van der Waals surface area contributed by atoms with Gasteiger partial charge in [0.2, 0.25) is 11.9 Å². The summed E-state index contributed by atoms with van der Waals surface area (Å²) in [5, 5.41) is 11.3. The number of carbonyl (C=O) groups is 1. The molecule has 3 atom stereocenters. The van der Waals surface area contributed by atoms with E-state index >= 15 is 0 Å². The van der Waals surface area contributed by atoms with Crippen LogP contribution in [0.15, 0.2) is 42.5 Å². The van der Waals surface area contributed by atoms with Gasteiger partial charge in [-0.15, -0.1) is 0 Å². The van der Waals surface area contributed by atoms with Crippen LogP contribution < -0.4 is 16.0 Å². The number of benzene rings is 2. The van der Waals surface area contributed by atoms with Crippen LogP contribution >= 0.6 is 11.6 Å². The number of aromatic nitrogens is 2. The number of nitrogens with zero attached hydrogens (tertiary/aromatic N) is 2. The Hall–Kier alpha value is -2.70. The number of hydrogen-bond acceptors (Lipinski definition) is 5. The Labute approximate surface area is 175 Å². The van der Waals surface area contributed by atoms with Crippen LogP contribution in [0, 0.1) is 19.8 Å². The minimum absolute atomic E-state index is 0.0117. The van der Waals surface area contributed by atoms with Crippen LogP contribution in [0.25, 0.3) is 10.9 Å². The standard InChI is InChI=1S/C22H24ClN5O/c1-12-6-4-9-17-13(2)24-21(26-19(12)17)28-22-25-14(3)18(20(29)27-22)11-15-7-5-8-16(23)10-15/h4-10,14,18,22,25H,11H2,1-3H3,(H,27,29)(H,24,26,28). The maximum atomic E-state index is 12.8. The molecule has 3 N–H and O–H groups in total. The lowest BCUT2D eigenvalue weighted by molar-refractivity contribution is -0.128. The number of amides is 1. The quantitative estimate of drug-likeness (QED) is 0.614. The number of para-hydroxylation sites is 1. The van der Waals surface area contributed by atoms with Gasteiger partial charge in [0.1, 0.15) is 0 Å². The molecular formula is C22H24ClN5O. The number of anilines is 1. The number of hydrogen-bond donors (Lipinski definition) is 3. The van der Waals surface area contributed by atoms with E-state index < -0.39 is 6.29 Å². The average molecular weight is 410 g/mol. The van der Waals surface area contributed by atoms with Crippen LogP contribution in [0.1, 0.15) is 23.7 Å². The van der Waals surface area contributed by atoms with Gasteiger partial charge in [0.25, 0.3) is 0 Å². The smallest absolute Gasteiger partial charge is 0.227 e. The van der Waals surface area contributed by atoms with Gasteiger partial charge in [-0.05, 0) is 50.5 Å². The van der Waals surface area contributed by atoms with E-state index in [-0.39, 0.29) is 17.9 Å². The van der Waals surface area contributed by atoms with Crippen molar-refractivity contribution in [3.8, 4) is 0 Å². The lowest BCUT2D eigenvalue weighted by atomic mass is 9.91. The minimum Gasteiger partial charge on any atom is -0.323 e. The Morgan fingerprint density at radius 2 is 1.93 bits per heavy atom. The Bertz CT molecular complexity index is 1070. The van der Waals surface area contributed by atoms with Gasteiger partial charge in [-0.25, -0.2) is 9.97 Å². The summed E-state index contributed by atoms with van der Waals surface area (Å²) in [5.74, 6) is 0.290. The van der Waals surface area contributed by atoms with Crippen molar-refractivity contribution in [2.24, 2.45) is 5.92 Å². The summed E-state index contributed by atoms with van der Waals surface area (Å²) in [5.41, 5.74) is 3.94. The fourth-order valence-electron chi connectivity index (χ4n) is 3.81. The summed E-state index contributed by atoms with van der Waals surface area (Å²) in [6.07, 6.45) is 0.187. The molecule has 7 heteroatoms. The molecule has 6 nitrogen and oxygen atoms in total. The molecule has 1 aromatic heterocycles. The summed E-state index contributed by atoms with van der Waals surface area (Å²) in [7, 11) is 0. The van der Waals surface area contributed by atoms with Crippen molar-refractivity contribution in [3.05, 3.63) is 64.3 Å². The molecule has 4 rings (SSSR count). The Morgan fingerprint density at radius 1 is 1.14 bits per heavy atom. The minimum atomic E-state index is -0.436. The van der Waals surface area contributed by atoms with Gasteiger partial charge in [0, 0.05) is 16.5 Å². The molecule has 0 saturated carbocycles. The van der Waals surface area contributed by atoms with Crippen LogP contribution in [0.2, 0.25) is 5.02 Å². The fraction of sp³-hybridized carbons (Fsp3) is 0.318. The molecule has 2 aromatic carbocycles. The molecule has 0 radical (unpaired) electrons. The lowest BCUT2D eigenvalue weighted by Crippen LogP contribution is -2.63. The summed E-state index contributed by atoms with van der Waals surface area (Å²) in [4.78, 5) is 22.0. The second-order valence-corrected chi connectivity index (χ2v) is 8.02. The highest BCUT2D eigenvalue weighted by molar-refractivity contribution is 6.30. The zero-order valence-electron chi connectivity index (χ0n) is 16.7. The van der Waals surface area contributed by atoms with Gasteiger partial charge in [0.05, 0.1) is 17.1 Å². The number of rotatable bonds is 4. The van der Waals surface area contributed by atoms with Gasteiger partial charge < -0.3 is 10.6 Å². The predicted octanol–water partition coefficient (Wildman–Crippen LogP) is 3.56. The van der Waals surface area contributed by atoms with E-state index in [1.807, 2.05) is 63.2 Å². The van der Waals surface area contributed by atoms with Crippen LogP contribution in [0.4, 0.5) is 5.95 Å². The van der Waals surface area contributed by atoms with Crippen molar-refractivity contribution in [2.45, 2.75) is 39.5 Å². The molecule has 1 fully saturated rings. The van der Waals surface area contributed by atoms with Crippen molar-refractivity contribution in [1.82, 2.24) is 20.6 Å². The molecule has 3 unspecified atom stereocenters. The second kappa shape index (κ2) is 7.97. The molecule has 0 aliphatic carbocycles. The van der Waals surface area contributed by atoms with Crippen molar-refractivity contribution in [1.29, 1.82) is 0 Å². The summed E-state index contributed by atoms with van der Waals surface area (Å²) in [6.45, 7) is 6.01. The Kier molecular flexibility index (Phi) is 5.39. The Morgan fingerprint density at radius 3 is 2.69 bits per heavy atom. The second-order valence-electron chi connectivity index (χ2n) is 7.59. The number of carbonyl (C=O) groups excluding carboxylic acids is 1. The van der Waals surface area contributed by atoms with Crippen LogP contribution in [0.3, 0.4) is 0 Å². The molecule has 1 saturated heterocycles. The SMILES string of the molecule is Cc1nc(NC2NC(=O)C(Cc3cccc(Cl)c3)C(C)N2)nc2c(C)cccc12. The van der Waals surface area contributed by atoms with Gasteiger partial charge in [0.15, 0.2) is 6.29 Å². The summed E-state index contributed by atoms with van der Waals surface area (Å²) >= 11 is 6.07. The maximum Gasteiger partial charge on any atom is 0.227 e. The van der Waals surface area contributed by atoms with Crippen molar-refractivity contribution in [2.75, 3.05) is 5.32 Å². The van der Waals surface area contributed by atoms with Gasteiger partial charge in [-0.2, -0.15) is 0 Å². The average Bonchev–Trinajstić information content (AvgIpc) is 2.66. The highest BCUT2D eigenvalue weighted by atomic mass is 35.5. The van der Waals surface area contributed by atoms with Crippen LogP contribution in [0.5, 0.6) is 0 Å². The molecular weight excluding hydrogens is 386 g/mol. The molecule has 1 aliphatic heterocycles. The maximum absolute atomic E-state index is 12.8. The molecule has 0 bridgehead atoms. The summed E-state index contributed by atoms with van der Waals surface area (Å²) in [6, 6.07) is 13.7. The third kappa shape index (κ3) is 4.18. The highest BCUT2D eigenvalue weighted by Gasteiger charge is 2.33. The van der Waals surface area contributed by atoms with E-state index in [0.29, 0.717) is 17.4 Å². The number of halogens is 1. The highest BCUT2D eigenvalue weighted by Crippen LogP contribution is 2.22. The van der Waals surface area contributed by atoms with Gasteiger partial charge in [-0.3, -0.25) is 10.1 Å². The number of nitrogens with one attached hydrogen (secondary N) is 3. The van der Waals surface area contributed by atoms with Crippen molar-refractivity contribution in [3.63, 3.8) is 0 Å². The van der Waals surface area contributed by atoms with E-state index in [4.69, 9.17) is 11.6 Å². The first kappa shape index (κ1) is 19.6. The topological polar surface area (TPSA) is 78.9 Å².